The summed E-state index contributed by atoms with van der Waals surface area (Å²) in [4.78, 5) is -2.29. The first-order valence-corrected chi connectivity index (χ1v) is 7.09. The number of rotatable bonds is 2. The number of alkyl halides is 9. The third-order valence-electron chi connectivity index (χ3n) is 2.88. The third kappa shape index (κ3) is 2.50. The number of sulfone groups is 3. The van der Waals surface area contributed by atoms with Crippen LogP contribution in [0.4, 0.5) is 39.5 Å². The molecule has 3 nitrogen and oxygen atoms in total. The molecule has 0 N–H and O–H groups in total. The molecule has 0 heterocycles. The largest absolute Gasteiger partial charge is 0.794 e. The second-order valence-electron chi connectivity index (χ2n) is 4.29. The van der Waals surface area contributed by atoms with Crippen LogP contribution in [0.3, 0.4) is 0 Å². The van der Waals surface area contributed by atoms with E-state index in [1.165, 1.54) is 0 Å². The van der Waals surface area contributed by atoms with E-state index in [2.05, 4.69) is 0 Å². The highest BCUT2D eigenvalue weighted by Crippen LogP contribution is 2.64. The minimum absolute atomic E-state index is 0.0766. The molecule has 1 aromatic rings. The van der Waals surface area contributed by atoms with E-state index >= 15 is 0 Å². The van der Waals surface area contributed by atoms with Gasteiger partial charge >= 0.3 is 18.5 Å². The second kappa shape index (κ2) is 4.83. The Labute approximate surface area is 122 Å². The minimum Gasteiger partial charge on any atom is -0.794 e. The highest BCUT2D eigenvalue weighted by atomic mass is 32.3. The predicted octanol–water partition coefficient (Wildman–Crippen LogP) is 3.55. The Hall–Kier alpha value is -1.34. The van der Waals surface area contributed by atoms with Crippen molar-refractivity contribution in [2.24, 2.45) is 0 Å². The van der Waals surface area contributed by atoms with Crippen molar-refractivity contribution in [3.05, 3.63) is 30.3 Å². The number of benzene rings is 1. The van der Waals surface area contributed by atoms with Crippen molar-refractivity contribution in [1.82, 2.24) is 0 Å². The Morgan fingerprint density at radius 2 is 1.00 bits per heavy atom. The topological polar surface area (TPSA) is 63.2 Å². The van der Waals surface area contributed by atoms with Gasteiger partial charge in [0.05, 0.1) is 0 Å². The van der Waals surface area contributed by atoms with Gasteiger partial charge in [0.1, 0.15) is 0 Å². The molecule has 0 radical (unpaired) electrons. The highest BCUT2D eigenvalue weighted by Gasteiger charge is 2.88. The number of halogens is 9. The first-order chi connectivity index (χ1) is 9.89. The van der Waals surface area contributed by atoms with Crippen LogP contribution < -0.4 is 0 Å². The zero-order valence-electron chi connectivity index (χ0n) is 10.4. The van der Waals surface area contributed by atoms with Crippen molar-refractivity contribution in [2.45, 2.75) is 28.2 Å². The lowest BCUT2D eigenvalue weighted by molar-refractivity contribution is -0.352. The van der Waals surface area contributed by atoms with Gasteiger partial charge in [-0.3, -0.25) is 0 Å². The Morgan fingerprint density at radius 3 is 1.26 bits per heavy atom. The quantitative estimate of drug-likeness (QED) is 0.742. The van der Waals surface area contributed by atoms with Gasteiger partial charge in [-0.2, -0.15) is 49.1 Å². The first kappa shape index (κ1) is 19.7. The molecule has 0 aliphatic carbocycles. The normalized spacial score (nSPS) is 16.7. The molecule has 0 unspecified atom stereocenters. The van der Waals surface area contributed by atoms with Crippen LogP contribution in [0.25, 0.3) is 0 Å². The summed E-state index contributed by atoms with van der Waals surface area (Å²) in [6, 6.07) is 1.74. The monoisotopic (exact) mass is 376 g/mol. The summed E-state index contributed by atoms with van der Waals surface area (Å²) in [5.41, 5.74) is 0. The standard InChI is InChI=1S/C10H7F9O3S/c11-8(12,13)7(9(14,15)16,10(17,18)19)23(20,21,22)6-4-2-1-3-5-6/h1-5H,(H2,20,21,22)/p-2. The molecular formula is C10H5F9O3S-2. The molecule has 0 atom stereocenters. The molecular weight excluding hydrogens is 371 g/mol. The molecule has 0 aliphatic rings. The summed E-state index contributed by atoms with van der Waals surface area (Å²) in [6.07, 6.45) is -22.5. The van der Waals surface area contributed by atoms with Crippen molar-refractivity contribution < 1.29 is 52.8 Å². The number of hydrogen-bond donors (Lipinski definition) is 0. The van der Waals surface area contributed by atoms with Crippen LogP contribution in [0, 0.1) is 0 Å². The lowest BCUT2D eigenvalue weighted by Gasteiger charge is -2.66. The van der Waals surface area contributed by atoms with Gasteiger partial charge in [-0.05, 0) is 17.0 Å². The van der Waals surface area contributed by atoms with Gasteiger partial charge in [0.15, 0.2) is 0 Å². The van der Waals surface area contributed by atoms with E-state index in [4.69, 9.17) is 0 Å². The van der Waals surface area contributed by atoms with Crippen LogP contribution in [-0.4, -0.2) is 36.6 Å². The smallest absolute Gasteiger partial charge is 0.420 e. The molecule has 1 aromatic carbocycles. The summed E-state index contributed by atoms with van der Waals surface area (Å²) in [7, 11) is -9.08. The first-order valence-electron chi connectivity index (χ1n) is 5.27. The van der Waals surface area contributed by atoms with E-state index in [1.54, 1.807) is 0 Å². The predicted molar refractivity (Wildman–Crippen MR) is 55.3 cm³/mol. The molecule has 0 saturated carbocycles. The SMILES string of the molecule is O=S([O-])([O-])(c1ccccc1)C(C(F)(F)F)(C(F)(F)F)C(F)(F)F. The van der Waals surface area contributed by atoms with Crippen molar-refractivity contribution in [1.29, 1.82) is 0 Å². The van der Waals surface area contributed by atoms with Crippen molar-refractivity contribution in [2.75, 3.05) is 0 Å². The molecule has 134 valence electrons. The summed E-state index contributed by atoms with van der Waals surface area (Å²) >= 11 is 0. The van der Waals surface area contributed by atoms with Gasteiger partial charge < -0.3 is 13.3 Å². The van der Waals surface area contributed by atoms with Crippen molar-refractivity contribution >= 4 is 9.63 Å². The second-order valence-corrected chi connectivity index (χ2v) is 6.99. The molecule has 0 saturated heterocycles. The van der Waals surface area contributed by atoms with E-state index in [-0.39, 0.29) is 12.1 Å². The maximum absolute atomic E-state index is 12.8. The maximum atomic E-state index is 12.8. The van der Waals surface area contributed by atoms with E-state index in [0.29, 0.717) is 12.1 Å². The average molecular weight is 376 g/mol. The fourth-order valence-corrected chi connectivity index (χ4v) is 4.09. The third-order valence-corrected chi connectivity index (χ3v) is 5.71. The van der Waals surface area contributed by atoms with Crippen LogP contribution in [0.5, 0.6) is 0 Å². The number of hydrogen-bond acceptors (Lipinski definition) is 3. The van der Waals surface area contributed by atoms with Crippen LogP contribution in [0.2, 0.25) is 0 Å². The zero-order chi connectivity index (χ0) is 18.6. The zero-order valence-corrected chi connectivity index (χ0v) is 11.2. The summed E-state index contributed by atoms with van der Waals surface area (Å²) in [5.74, 6) is 0. The van der Waals surface area contributed by atoms with E-state index in [0.717, 1.165) is 6.07 Å². The minimum atomic E-state index is -9.08. The van der Waals surface area contributed by atoms with E-state index in [9.17, 15) is 52.8 Å². The van der Waals surface area contributed by atoms with Crippen molar-refractivity contribution in [3.8, 4) is 0 Å². The van der Waals surface area contributed by atoms with Gasteiger partial charge in [-0.15, -0.1) is 0 Å². The van der Waals surface area contributed by atoms with Gasteiger partial charge in [0.2, 0.25) is 0 Å². The summed E-state index contributed by atoms with van der Waals surface area (Å²) in [6.45, 7) is 0. The van der Waals surface area contributed by atoms with Gasteiger partial charge in [-0.1, -0.05) is 18.2 Å². The highest BCUT2D eigenvalue weighted by molar-refractivity contribution is 8.11. The average Bonchev–Trinajstić information content (AvgIpc) is 2.22. The van der Waals surface area contributed by atoms with Crippen molar-refractivity contribution in [3.63, 3.8) is 0 Å². The van der Waals surface area contributed by atoms with Gasteiger partial charge in [-0.25, -0.2) is 0 Å². The fraction of sp³-hybridized carbons (Fsp3) is 0.400. The van der Waals surface area contributed by atoms with Crippen LogP contribution in [-0.2, 0) is 9.63 Å². The molecule has 0 fully saturated rings. The maximum Gasteiger partial charge on any atom is 0.420 e. The lowest BCUT2D eigenvalue weighted by Crippen LogP contribution is -2.78. The molecule has 0 amide bonds. The van der Waals surface area contributed by atoms with Crippen LogP contribution in [0.1, 0.15) is 0 Å². The summed E-state index contributed by atoms with van der Waals surface area (Å²) in [5, 5.41) is 0. The molecule has 13 heteroatoms. The fourth-order valence-electron chi connectivity index (χ4n) is 1.91. The molecule has 23 heavy (non-hydrogen) atoms. The van der Waals surface area contributed by atoms with E-state index < -0.39 is 37.8 Å². The molecule has 0 spiro atoms. The summed E-state index contributed by atoms with van der Waals surface area (Å²) < 4.78 is 143. The van der Waals surface area contributed by atoms with E-state index in [1.807, 2.05) is 0 Å². The lowest BCUT2D eigenvalue weighted by atomic mass is 10.1. The Kier molecular flexibility index (Phi) is 4.14. The van der Waals surface area contributed by atoms with Gasteiger partial charge in [0, 0.05) is 0 Å². The molecule has 0 aromatic heterocycles. The van der Waals surface area contributed by atoms with Crippen LogP contribution >= 0.6 is 0 Å². The Balaban J connectivity index is 4.12. The Morgan fingerprint density at radius 1 is 0.696 bits per heavy atom. The van der Waals surface area contributed by atoms with Gasteiger partial charge in [0.25, 0.3) is 4.75 Å². The Bertz CT molecular complexity index is 602. The molecule has 0 bridgehead atoms. The van der Waals surface area contributed by atoms with Crippen LogP contribution in [0.15, 0.2) is 35.2 Å². The molecule has 1 rings (SSSR count). The molecule has 0 aliphatic heterocycles.